The molecule has 0 aliphatic rings. The summed E-state index contributed by atoms with van der Waals surface area (Å²) in [7, 11) is 0. The van der Waals surface area contributed by atoms with Gasteiger partial charge in [0, 0.05) is 15.6 Å². The Morgan fingerprint density at radius 3 is 2.41 bits per heavy atom. The molecule has 1 heterocycles. The van der Waals surface area contributed by atoms with Crippen molar-refractivity contribution in [2.24, 2.45) is 0 Å². The molecule has 0 bridgehead atoms. The number of benzene rings is 2. The normalized spacial score (nSPS) is 10.6. The minimum atomic E-state index is -0.548. The third-order valence-corrected chi connectivity index (χ3v) is 5.97. The summed E-state index contributed by atoms with van der Waals surface area (Å²) >= 11 is 4.60. The van der Waals surface area contributed by atoms with Gasteiger partial charge in [-0.15, -0.1) is 0 Å². The van der Waals surface area contributed by atoms with Crippen LogP contribution in [0.3, 0.4) is 0 Å². The molecule has 0 radical (unpaired) electrons. The lowest BCUT2D eigenvalue weighted by Crippen LogP contribution is -2.16. The molecule has 0 saturated carbocycles. The van der Waals surface area contributed by atoms with Crippen molar-refractivity contribution in [1.29, 1.82) is 5.26 Å². The summed E-state index contributed by atoms with van der Waals surface area (Å²) in [6.07, 6.45) is -0.573. The van der Waals surface area contributed by atoms with Crippen molar-refractivity contribution < 1.29 is 14.3 Å². The van der Waals surface area contributed by atoms with E-state index in [0.717, 1.165) is 32.9 Å². The van der Waals surface area contributed by atoms with Crippen molar-refractivity contribution in [1.82, 2.24) is 4.98 Å². The monoisotopic (exact) mass is 508 g/mol. The van der Waals surface area contributed by atoms with Gasteiger partial charge in [-0.05, 0) is 37.6 Å². The highest BCUT2D eigenvalue weighted by atomic mass is 79.9. The molecule has 3 rings (SSSR count). The molecule has 0 aliphatic heterocycles. The number of aromatic nitrogens is 1. The third-order valence-electron chi connectivity index (χ3n) is 4.40. The summed E-state index contributed by atoms with van der Waals surface area (Å²) in [6, 6.07) is 21.5. The zero-order chi connectivity index (χ0) is 23.1. The third kappa shape index (κ3) is 6.28. The van der Waals surface area contributed by atoms with Gasteiger partial charge in [0.05, 0.1) is 23.1 Å². The van der Waals surface area contributed by atoms with Crippen molar-refractivity contribution in [3.63, 3.8) is 0 Å². The largest absolute Gasteiger partial charge is 0.463 e. The molecule has 7 heteroatoms. The van der Waals surface area contributed by atoms with E-state index in [9.17, 15) is 14.9 Å². The van der Waals surface area contributed by atoms with Gasteiger partial charge in [-0.2, -0.15) is 5.26 Å². The van der Waals surface area contributed by atoms with Crippen LogP contribution < -0.4 is 0 Å². The maximum atomic E-state index is 12.3. The second-order valence-electron chi connectivity index (χ2n) is 7.26. The first-order chi connectivity index (χ1) is 15.4. The number of nitrogens with zero attached hydrogens (tertiary/aromatic N) is 2. The predicted molar refractivity (Wildman–Crippen MR) is 129 cm³/mol. The Kier molecular flexibility index (Phi) is 8.20. The minimum Gasteiger partial charge on any atom is -0.463 e. The van der Waals surface area contributed by atoms with E-state index < -0.39 is 5.97 Å². The average Bonchev–Trinajstić information content (AvgIpc) is 2.77. The number of ketones is 1. The van der Waals surface area contributed by atoms with Gasteiger partial charge in [-0.3, -0.25) is 9.59 Å². The number of ether oxygens (including phenoxy) is 1. The number of carbonyl (C=O) groups is 2. The Labute approximate surface area is 200 Å². The van der Waals surface area contributed by atoms with Crippen LogP contribution in [0.4, 0.5) is 0 Å². The van der Waals surface area contributed by atoms with Crippen LogP contribution in [0.5, 0.6) is 0 Å². The van der Waals surface area contributed by atoms with Crippen molar-refractivity contribution in [2.45, 2.75) is 31.4 Å². The van der Waals surface area contributed by atoms with Crippen LogP contribution in [0.1, 0.15) is 25.8 Å². The standard InChI is InChI=1S/C25H21BrN2O3S/c1-16(2)31-24(30)12-20(29)15-32-25-22(14-27)21(17-6-4-3-5-7-17)13-23(28-25)18-8-10-19(26)11-9-18/h3-11,13,16H,12,15H2,1-2H3. The summed E-state index contributed by atoms with van der Waals surface area (Å²) in [4.78, 5) is 28.8. The average molecular weight is 509 g/mol. The van der Waals surface area contributed by atoms with Crippen LogP contribution in [0.25, 0.3) is 22.4 Å². The number of esters is 1. The SMILES string of the molecule is CC(C)OC(=O)CC(=O)CSc1nc(-c2ccc(Br)cc2)cc(-c2ccccc2)c1C#N. The van der Waals surface area contributed by atoms with E-state index in [2.05, 4.69) is 27.0 Å². The number of nitriles is 1. The number of pyridine rings is 1. The van der Waals surface area contributed by atoms with E-state index in [0.29, 0.717) is 16.3 Å². The smallest absolute Gasteiger partial charge is 0.313 e. The Bertz CT molecular complexity index is 1160. The lowest BCUT2D eigenvalue weighted by molar-refractivity contribution is -0.149. The number of hydrogen-bond donors (Lipinski definition) is 0. The van der Waals surface area contributed by atoms with Crippen LogP contribution in [0, 0.1) is 11.3 Å². The lowest BCUT2D eigenvalue weighted by atomic mass is 9.99. The lowest BCUT2D eigenvalue weighted by Gasteiger charge is -2.13. The summed E-state index contributed by atoms with van der Waals surface area (Å²) in [5.41, 5.74) is 3.63. The van der Waals surface area contributed by atoms with Gasteiger partial charge < -0.3 is 4.74 Å². The highest BCUT2D eigenvalue weighted by Gasteiger charge is 2.18. The zero-order valence-corrected chi connectivity index (χ0v) is 20.1. The quantitative estimate of drug-likeness (QED) is 0.209. The Balaban J connectivity index is 1.96. The van der Waals surface area contributed by atoms with Gasteiger partial charge in [-0.1, -0.05) is 70.2 Å². The highest BCUT2D eigenvalue weighted by Crippen LogP contribution is 2.34. The van der Waals surface area contributed by atoms with Crippen LogP contribution in [-0.2, 0) is 14.3 Å². The zero-order valence-electron chi connectivity index (χ0n) is 17.7. The molecule has 1 aromatic heterocycles. The fourth-order valence-electron chi connectivity index (χ4n) is 3.01. The first-order valence-electron chi connectivity index (χ1n) is 9.98. The summed E-state index contributed by atoms with van der Waals surface area (Å²) in [5.74, 6) is -0.804. The number of hydrogen-bond acceptors (Lipinski definition) is 6. The van der Waals surface area contributed by atoms with E-state index >= 15 is 0 Å². The molecule has 0 unspecified atom stereocenters. The number of thioether (sulfide) groups is 1. The maximum Gasteiger partial charge on any atom is 0.313 e. The van der Waals surface area contributed by atoms with Crippen molar-refractivity contribution >= 4 is 39.4 Å². The van der Waals surface area contributed by atoms with Crippen molar-refractivity contribution in [3.05, 3.63) is 70.7 Å². The molecule has 32 heavy (non-hydrogen) atoms. The predicted octanol–water partition coefficient (Wildman–Crippen LogP) is 6.05. The molecule has 2 aromatic carbocycles. The molecule has 0 N–H and O–H groups in total. The van der Waals surface area contributed by atoms with Crippen LogP contribution in [0.15, 0.2) is 70.2 Å². The molecule has 0 spiro atoms. The molecular formula is C25H21BrN2O3S. The van der Waals surface area contributed by atoms with E-state index in [-0.39, 0.29) is 24.1 Å². The number of Topliss-reactive ketones (excluding diaryl/α,β-unsaturated/α-hetero) is 1. The molecule has 0 amide bonds. The second kappa shape index (κ2) is 11.1. The molecule has 3 aromatic rings. The molecule has 162 valence electrons. The fraction of sp³-hybridized carbons (Fsp3) is 0.200. The number of rotatable bonds is 8. The van der Waals surface area contributed by atoms with Crippen molar-refractivity contribution in [2.75, 3.05) is 5.75 Å². The van der Waals surface area contributed by atoms with Gasteiger partial charge in [0.1, 0.15) is 17.5 Å². The first kappa shape index (κ1) is 23.7. The van der Waals surface area contributed by atoms with Crippen LogP contribution >= 0.6 is 27.7 Å². The van der Waals surface area contributed by atoms with Gasteiger partial charge in [0.15, 0.2) is 5.78 Å². The second-order valence-corrected chi connectivity index (χ2v) is 9.14. The van der Waals surface area contributed by atoms with E-state index in [1.54, 1.807) is 13.8 Å². The van der Waals surface area contributed by atoms with Gasteiger partial charge >= 0.3 is 5.97 Å². The molecule has 0 atom stereocenters. The molecular weight excluding hydrogens is 488 g/mol. The Morgan fingerprint density at radius 1 is 1.09 bits per heavy atom. The van der Waals surface area contributed by atoms with E-state index in [1.807, 2.05) is 60.7 Å². The van der Waals surface area contributed by atoms with Crippen molar-refractivity contribution in [3.8, 4) is 28.5 Å². The fourth-order valence-corrected chi connectivity index (χ4v) is 4.14. The van der Waals surface area contributed by atoms with Crippen LogP contribution in [-0.4, -0.2) is 28.6 Å². The van der Waals surface area contributed by atoms with E-state index in [1.165, 1.54) is 0 Å². The van der Waals surface area contributed by atoms with E-state index in [4.69, 9.17) is 4.74 Å². The maximum absolute atomic E-state index is 12.3. The Hall–Kier alpha value is -2.95. The number of carbonyl (C=O) groups excluding carboxylic acids is 2. The molecule has 0 fully saturated rings. The van der Waals surface area contributed by atoms with Gasteiger partial charge in [-0.25, -0.2) is 4.98 Å². The summed E-state index contributed by atoms with van der Waals surface area (Å²) < 4.78 is 5.99. The summed E-state index contributed by atoms with van der Waals surface area (Å²) in [5, 5.41) is 10.4. The highest BCUT2D eigenvalue weighted by molar-refractivity contribution is 9.10. The van der Waals surface area contributed by atoms with Crippen LogP contribution in [0.2, 0.25) is 0 Å². The minimum absolute atomic E-state index is 0.0207. The molecule has 5 nitrogen and oxygen atoms in total. The van der Waals surface area contributed by atoms with Gasteiger partial charge in [0.25, 0.3) is 0 Å². The molecule has 0 saturated heterocycles. The first-order valence-corrected chi connectivity index (χ1v) is 11.8. The Morgan fingerprint density at radius 2 is 1.78 bits per heavy atom. The topological polar surface area (TPSA) is 80.1 Å². The summed E-state index contributed by atoms with van der Waals surface area (Å²) in [6.45, 7) is 3.47. The van der Waals surface area contributed by atoms with Gasteiger partial charge in [0.2, 0.25) is 0 Å². The number of halogens is 1. The molecule has 0 aliphatic carbocycles.